The van der Waals surface area contributed by atoms with Crippen LogP contribution in [0.2, 0.25) is 0 Å². The third-order valence-corrected chi connectivity index (χ3v) is 4.39. The molecule has 6 heteroatoms. The number of imidazole rings is 1. The molecular weight excluding hydrogens is 311 g/mol. The summed E-state index contributed by atoms with van der Waals surface area (Å²) < 4.78 is 15.1. The molecule has 0 saturated heterocycles. The number of thiocarbonyl (C=S) groups is 1. The van der Waals surface area contributed by atoms with Crippen LogP contribution in [0.4, 0.5) is 10.3 Å². The molecular formula is C17H15FN4S. The molecule has 0 unspecified atom stereocenters. The molecule has 0 atom stereocenters. The second-order valence-corrected chi connectivity index (χ2v) is 5.88. The highest BCUT2D eigenvalue weighted by Crippen LogP contribution is 2.27. The molecule has 1 aliphatic rings. The van der Waals surface area contributed by atoms with Crippen LogP contribution in [0.5, 0.6) is 0 Å². The average molecular weight is 326 g/mol. The summed E-state index contributed by atoms with van der Waals surface area (Å²) in [6.45, 7) is 2.24. The molecule has 0 fully saturated rings. The maximum Gasteiger partial charge on any atom is 0.213 e. The van der Waals surface area contributed by atoms with Crippen LogP contribution < -0.4 is 10.2 Å². The molecule has 0 saturated carbocycles. The van der Waals surface area contributed by atoms with Crippen molar-refractivity contribution in [3.63, 3.8) is 0 Å². The van der Waals surface area contributed by atoms with E-state index >= 15 is 0 Å². The largest absolute Gasteiger partial charge is 0.358 e. The zero-order valence-electron chi connectivity index (χ0n) is 12.4. The van der Waals surface area contributed by atoms with E-state index in [1.807, 2.05) is 23.1 Å². The van der Waals surface area contributed by atoms with E-state index in [2.05, 4.69) is 20.9 Å². The van der Waals surface area contributed by atoms with Crippen LogP contribution in [-0.4, -0.2) is 21.2 Å². The molecule has 1 aliphatic heterocycles. The highest BCUT2D eigenvalue weighted by atomic mass is 32.1. The molecule has 0 radical (unpaired) electrons. The van der Waals surface area contributed by atoms with Crippen LogP contribution in [0.25, 0.3) is 11.0 Å². The SMILES string of the molecule is Fc1ccc(CNC(=S)N2CCn3c2nc2ccccc23)cc1. The van der Waals surface area contributed by atoms with Gasteiger partial charge in [0.15, 0.2) is 5.11 Å². The van der Waals surface area contributed by atoms with Gasteiger partial charge in [-0.1, -0.05) is 24.3 Å². The van der Waals surface area contributed by atoms with Crippen molar-refractivity contribution in [2.45, 2.75) is 13.1 Å². The molecule has 4 nitrogen and oxygen atoms in total. The molecule has 0 aliphatic carbocycles. The van der Waals surface area contributed by atoms with Gasteiger partial charge in [-0.15, -0.1) is 0 Å². The lowest BCUT2D eigenvalue weighted by Gasteiger charge is -2.18. The average Bonchev–Trinajstić information content (AvgIpc) is 3.13. The van der Waals surface area contributed by atoms with E-state index in [1.54, 1.807) is 12.1 Å². The van der Waals surface area contributed by atoms with Crippen LogP contribution in [0, 0.1) is 5.82 Å². The van der Waals surface area contributed by atoms with Crippen molar-refractivity contribution >= 4 is 34.3 Å². The number of hydrogen-bond donors (Lipinski definition) is 1. The van der Waals surface area contributed by atoms with Crippen molar-refractivity contribution in [3.05, 3.63) is 59.9 Å². The normalized spacial score (nSPS) is 13.3. The van der Waals surface area contributed by atoms with E-state index in [4.69, 9.17) is 12.2 Å². The Bertz CT molecular complexity index is 872. The first kappa shape index (κ1) is 14.1. The van der Waals surface area contributed by atoms with Crippen LogP contribution in [-0.2, 0) is 13.1 Å². The second-order valence-electron chi connectivity index (χ2n) is 5.49. The number of rotatable bonds is 2. The highest BCUT2D eigenvalue weighted by Gasteiger charge is 2.25. The number of nitrogens with one attached hydrogen (secondary N) is 1. The summed E-state index contributed by atoms with van der Waals surface area (Å²) in [5, 5.41) is 3.87. The molecule has 3 aromatic rings. The molecule has 0 amide bonds. The van der Waals surface area contributed by atoms with Crippen LogP contribution >= 0.6 is 12.2 Å². The van der Waals surface area contributed by atoms with E-state index < -0.39 is 0 Å². The second kappa shape index (κ2) is 5.62. The van der Waals surface area contributed by atoms with E-state index in [1.165, 1.54) is 12.1 Å². The van der Waals surface area contributed by atoms with Crippen LogP contribution in [0.1, 0.15) is 5.56 Å². The minimum atomic E-state index is -0.232. The molecule has 23 heavy (non-hydrogen) atoms. The van der Waals surface area contributed by atoms with Crippen LogP contribution in [0.15, 0.2) is 48.5 Å². The van der Waals surface area contributed by atoms with Gasteiger partial charge in [0, 0.05) is 19.6 Å². The lowest BCUT2D eigenvalue weighted by molar-refractivity contribution is 0.626. The van der Waals surface area contributed by atoms with E-state index in [0.717, 1.165) is 35.6 Å². The van der Waals surface area contributed by atoms with E-state index in [0.29, 0.717) is 11.7 Å². The Labute approximate surface area is 138 Å². The predicted molar refractivity (Wildman–Crippen MR) is 92.9 cm³/mol. The number of para-hydroxylation sites is 2. The quantitative estimate of drug-likeness (QED) is 0.734. The number of halogens is 1. The van der Waals surface area contributed by atoms with Gasteiger partial charge in [0.25, 0.3) is 0 Å². The molecule has 0 spiro atoms. The molecule has 4 rings (SSSR count). The smallest absolute Gasteiger partial charge is 0.213 e. The summed E-state index contributed by atoms with van der Waals surface area (Å²) in [6, 6.07) is 14.5. The number of hydrogen-bond acceptors (Lipinski definition) is 2. The zero-order chi connectivity index (χ0) is 15.8. The first-order valence-electron chi connectivity index (χ1n) is 7.47. The number of fused-ring (bicyclic) bond motifs is 3. The number of aromatic nitrogens is 2. The molecule has 116 valence electrons. The fourth-order valence-electron chi connectivity index (χ4n) is 2.86. The van der Waals surface area contributed by atoms with Gasteiger partial charge >= 0.3 is 0 Å². The van der Waals surface area contributed by atoms with Crippen LogP contribution in [0.3, 0.4) is 0 Å². The number of benzene rings is 2. The van der Waals surface area contributed by atoms with Gasteiger partial charge < -0.3 is 9.88 Å². The first-order valence-corrected chi connectivity index (χ1v) is 7.88. The highest BCUT2D eigenvalue weighted by molar-refractivity contribution is 7.80. The minimum absolute atomic E-state index is 0.232. The minimum Gasteiger partial charge on any atom is -0.358 e. The number of anilines is 1. The summed E-state index contributed by atoms with van der Waals surface area (Å²) in [7, 11) is 0. The molecule has 0 bridgehead atoms. The lowest BCUT2D eigenvalue weighted by Crippen LogP contribution is -2.38. The fraction of sp³-hybridized carbons (Fsp3) is 0.176. The summed E-state index contributed by atoms with van der Waals surface area (Å²) in [5.74, 6) is 0.646. The van der Waals surface area contributed by atoms with E-state index in [9.17, 15) is 4.39 Å². The standard InChI is InChI=1S/C17H15FN4S/c18-13-7-5-12(6-8-13)11-19-17(23)22-10-9-21-15-4-2-1-3-14(15)20-16(21)22/h1-8H,9-11H2,(H,19,23). The first-order chi connectivity index (χ1) is 11.2. The number of nitrogens with zero attached hydrogens (tertiary/aromatic N) is 3. The van der Waals surface area contributed by atoms with Crippen molar-refractivity contribution in [2.75, 3.05) is 11.4 Å². The Hall–Kier alpha value is -2.47. The van der Waals surface area contributed by atoms with Crippen molar-refractivity contribution in [3.8, 4) is 0 Å². The summed E-state index contributed by atoms with van der Waals surface area (Å²) in [4.78, 5) is 6.69. The topological polar surface area (TPSA) is 33.1 Å². The molecule has 1 aromatic heterocycles. The van der Waals surface area contributed by atoms with Gasteiger partial charge in [-0.25, -0.2) is 9.37 Å². The molecule has 1 N–H and O–H groups in total. The van der Waals surface area contributed by atoms with Crippen molar-refractivity contribution < 1.29 is 4.39 Å². The Balaban J connectivity index is 1.51. The molecule has 2 heterocycles. The maximum absolute atomic E-state index is 12.9. The van der Waals surface area contributed by atoms with Crippen molar-refractivity contribution in [1.29, 1.82) is 0 Å². The molecule has 2 aromatic carbocycles. The Morgan fingerprint density at radius 3 is 2.74 bits per heavy atom. The third-order valence-electron chi connectivity index (χ3n) is 4.03. The van der Waals surface area contributed by atoms with Gasteiger partial charge in [-0.2, -0.15) is 0 Å². The van der Waals surface area contributed by atoms with Gasteiger partial charge in [0.05, 0.1) is 11.0 Å². The van der Waals surface area contributed by atoms with Gasteiger partial charge in [0.1, 0.15) is 5.82 Å². The Kier molecular flexibility index (Phi) is 3.46. The maximum atomic E-state index is 12.9. The van der Waals surface area contributed by atoms with E-state index in [-0.39, 0.29) is 5.82 Å². The van der Waals surface area contributed by atoms with Gasteiger partial charge in [-0.3, -0.25) is 4.90 Å². The fourth-order valence-corrected chi connectivity index (χ4v) is 3.10. The lowest BCUT2D eigenvalue weighted by atomic mass is 10.2. The zero-order valence-corrected chi connectivity index (χ0v) is 13.2. The Morgan fingerprint density at radius 1 is 1.13 bits per heavy atom. The summed E-state index contributed by atoms with van der Waals surface area (Å²) in [6.07, 6.45) is 0. The summed E-state index contributed by atoms with van der Waals surface area (Å²) >= 11 is 5.51. The summed E-state index contributed by atoms with van der Waals surface area (Å²) in [5.41, 5.74) is 3.10. The monoisotopic (exact) mass is 326 g/mol. The van der Waals surface area contributed by atoms with Gasteiger partial charge in [-0.05, 0) is 42.0 Å². The van der Waals surface area contributed by atoms with Gasteiger partial charge in [0.2, 0.25) is 5.95 Å². The predicted octanol–water partition coefficient (Wildman–Crippen LogP) is 3.07. The van der Waals surface area contributed by atoms with Crippen molar-refractivity contribution in [1.82, 2.24) is 14.9 Å². The van der Waals surface area contributed by atoms with Crippen molar-refractivity contribution in [2.24, 2.45) is 0 Å². The third kappa shape index (κ3) is 2.55. The Morgan fingerprint density at radius 2 is 1.91 bits per heavy atom.